The van der Waals surface area contributed by atoms with E-state index in [2.05, 4.69) is 54.3 Å². The smallest absolute Gasteiger partial charge is 0.224 e. The van der Waals surface area contributed by atoms with Gasteiger partial charge in [0.05, 0.1) is 6.54 Å². The van der Waals surface area contributed by atoms with Crippen LogP contribution in [0, 0.1) is 12.8 Å². The monoisotopic (exact) mass is 406 g/mol. The molecule has 0 aliphatic carbocycles. The summed E-state index contributed by atoms with van der Waals surface area (Å²) in [5.74, 6) is 1.93. The van der Waals surface area contributed by atoms with E-state index in [1.807, 2.05) is 17.9 Å². The van der Waals surface area contributed by atoms with Crippen LogP contribution in [-0.2, 0) is 17.8 Å². The zero-order valence-corrected chi connectivity index (χ0v) is 18.3. The minimum absolute atomic E-state index is 0.0200. The van der Waals surface area contributed by atoms with Crippen LogP contribution >= 0.6 is 0 Å². The van der Waals surface area contributed by atoms with Gasteiger partial charge in [0.15, 0.2) is 0 Å². The molecule has 0 N–H and O–H groups in total. The van der Waals surface area contributed by atoms with Crippen molar-refractivity contribution in [3.8, 4) is 5.75 Å². The van der Waals surface area contributed by atoms with Gasteiger partial charge in [-0.25, -0.2) is 0 Å². The molecule has 1 fully saturated rings. The summed E-state index contributed by atoms with van der Waals surface area (Å²) in [5, 5.41) is 0. The summed E-state index contributed by atoms with van der Waals surface area (Å²) >= 11 is 0. The maximum absolute atomic E-state index is 13.0. The van der Waals surface area contributed by atoms with Gasteiger partial charge < -0.3 is 14.5 Å². The van der Waals surface area contributed by atoms with Crippen LogP contribution in [0.5, 0.6) is 5.75 Å². The molecule has 1 amide bonds. The molecule has 2 aromatic carbocycles. The number of carbonyl (C=O) groups excluding carboxylic acids is 1. The summed E-state index contributed by atoms with van der Waals surface area (Å²) in [6.45, 7) is 8.52. The predicted molar refractivity (Wildman–Crippen MR) is 121 cm³/mol. The Morgan fingerprint density at radius 1 is 1.10 bits per heavy atom. The zero-order chi connectivity index (χ0) is 20.9. The van der Waals surface area contributed by atoms with E-state index < -0.39 is 0 Å². The number of hydrogen-bond acceptors (Lipinski definition) is 3. The van der Waals surface area contributed by atoms with Gasteiger partial charge in [-0.05, 0) is 63.7 Å². The standard InChI is InChI=1S/C26H34N2O2/c1-20-8-9-25-24(16-20)19-28(18-21(2)30-25)26(29)12-15-27-13-10-23(11-14-27)17-22-6-4-3-5-7-22/h3-9,16,21,23H,10-15,17-19H2,1-2H3/t21-/m1/s1. The molecule has 2 aromatic rings. The normalized spacial score (nSPS) is 20.3. The number of piperidine rings is 1. The summed E-state index contributed by atoms with van der Waals surface area (Å²) in [7, 11) is 0. The van der Waals surface area contributed by atoms with Crippen molar-refractivity contribution in [2.45, 2.75) is 52.2 Å². The first kappa shape index (κ1) is 20.9. The highest BCUT2D eigenvalue weighted by Gasteiger charge is 2.25. The summed E-state index contributed by atoms with van der Waals surface area (Å²) in [6, 6.07) is 17.1. The molecule has 4 heteroatoms. The van der Waals surface area contributed by atoms with Crippen molar-refractivity contribution in [1.29, 1.82) is 0 Å². The molecular formula is C26H34N2O2. The number of hydrogen-bond donors (Lipinski definition) is 0. The van der Waals surface area contributed by atoms with E-state index in [9.17, 15) is 4.79 Å². The van der Waals surface area contributed by atoms with Crippen molar-refractivity contribution >= 4 is 5.91 Å². The quantitative estimate of drug-likeness (QED) is 0.735. The summed E-state index contributed by atoms with van der Waals surface area (Å²) in [5.41, 5.74) is 3.77. The Hall–Kier alpha value is -2.33. The topological polar surface area (TPSA) is 32.8 Å². The fraction of sp³-hybridized carbons (Fsp3) is 0.500. The Labute approximate surface area is 180 Å². The van der Waals surface area contributed by atoms with Crippen LogP contribution in [0.25, 0.3) is 0 Å². The molecule has 2 aliphatic heterocycles. The van der Waals surface area contributed by atoms with Crippen LogP contribution < -0.4 is 4.74 Å². The molecule has 4 nitrogen and oxygen atoms in total. The number of rotatable bonds is 5. The van der Waals surface area contributed by atoms with Crippen molar-refractivity contribution < 1.29 is 9.53 Å². The molecule has 30 heavy (non-hydrogen) atoms. The summed E-state index contributed by atoms with van der Waals surface area (Å²) in [6.07, 6.45) is 4.25. The second-order valence-electron chi connectivity index (χ2n) is 9.04. The van der Waals surface area contributed by atoms with Gasteiger partial charge in [0.2, 0.25) is 5.91 Å². The third-order valence-electron chi connectivity index (χ3n) is 6.45. The third-order valence-corrected chi connectivity index (χ3v) is 6.45. The number of aryl methyl sites for hydroxylation is 1. The number of amides is 1. The molecule has 1 atom stereocenters. The number of carbonyl (C=O) groups is 1. The number of nitrogens with zero attached hydrogens (tertiary/aromatic N) is 2. The average Bonchev–Trinajstić information content (AvgIpc) is 2.91. The maximum atomic E-state index is 13.0. The number of ether oxygens (including phenoxy) is 1. The zero-order valence-electron chi connectivity index (χ0n) is 18.3. The van der Waals surface area contributed by atoms with Crippen LogP contribution in [0.1, 0.15) is 42.9 Å². The van der Waals surface area contributed by atoms with Gasteiger partial charge >= 0.3 is 0 Å². The first-order valence-electron chi connectivity index (χ1n) is 11.4. The molecule has 0 aromatic heterocycles. The second-order valence-corrected chi connectivity index (χ2v) is 9.04. The van der Waals surface area contributed by atoms with Crippen molar-refractivity contribution in [2.24, 2.45) is 5.92 Å². The minimum Gasteiger partial charge on any atom is -0.489 e. The van der Waals surface area contributed by atoms with E-state index in [0.29, 0.717) is 19.5 Å². The van der Waals surface area contributed by atoms with Crippen LogP contribution in [0.2, 0.25) is 0 Å². The van der Waals surface area contributed by atoms with E-state index in [1.165, 1.54) is 30.4 Å². The molecule has 0 spiro atoms. The van der Waals surface area contributed by atoms with Gasteiger partial charge in [0, 0.05) is 25.1 Å². The number of benzene rings is 2. The van der Waals surface area contributed by atoms with Gasteiger partial charge in [-0.1, -0.05) is 48.0 Å². The van der Waals surface area contributed by atoms with E-state index in [0.717, 1.165) is 36.9 Å². The van der Waals surface area contributed by atoms with Crippen molar-refractivity contribution in [2.75, 3.05) is 26.2 Å². The van der Waals surface area contributed by atoms with E-state index >= 15 is 0 Å². The van der Waals surface area contributed by atoms with Crippen molar-refractivity contribution in [3.63, 3.8) is 0 Å². The van der Waals surface area contributed by atoms with Gasteiger partial charge in [0.25, 0.3) is 0 Å². The van der Waals surface area contributed by atoms with Crippen LogP contribution in [0.3, 0.4) is 0 Å². The van der Waals surface area contributed by atoms with Gasteiger partial charge in [-0.15, -0.1) is 0 Å². The molecule has 0 saturated carbocycles. The highest BCUT2D eigenvalue weighted by molar-refractivity contribution is 5.76. The van der Waals surface area contributed by atoms with E-state index in [-0.39, 0.29) is 12.0 Å². The van der Waals surface area contributed by atoms with Crippen LogP contribution in [0.4, 0.5) is 0 Å². The lowest BCUT2D eigenvalue weighted by Crippen LogP contribution is -2.40. The Bertz CT molecular complexity index is 843. The Morgan fingerprint density at radius 3 is 2.63 bits per heavy atom. The Balaban J connectivity index is 1.26. The molecule has 4 rings (SSSR count). The molecule has 0 radical (unpaired) electrons. The van der Waals surface area contributed by atoms with Crippen LogP contribution in [0.15, 0.2) is 48.5 Å². The lowest BCUT2D eigenvalue weighted by molar-refractivity contribution is -0.133. The molecular weight excluding hydrogens is 372 g/mol. The third kappa shape index (κ3) is 5.42. The molecule has 2 heterocycles. The average molecular weight is 407 g/mol. The Kier molecular flexibility index (Phi) is 6.73. The van der Waals surface area contributed by atoms with Gasteiger partial charge in [0.1, 0.15) is 11.9 Å². The molecule has 0 unspecified atom stereocenters. The van der Waals surface area contributed by atoms with Crippen molar-refractivity contribution in [1.82, 2.24) is 9.80 Å². The fourth-order valence-electron chi connectivity index (χ4n) is 4.74. The van der Waals surface area contributed by atoms with Crippen molar-refractivity contribution in [3.05, 3.63) is 65.2 Å². The minimum atomic E-state index is 0.0200. The first-order valence-corrected chi connectivity index (χ1v) is 11.4. The largest absolute Gasteiger partial charge is 0.489 e. The maximum Gasteiger partial charge on any atom is 0.224 e. The van der Waals surface area contributed by atoms with E-state index in [1.54, 1.807) is 0 Å². The highest BCUT2D eigenvalue weighted by atomic mass is 16.5. The van der Waals surface area contributed by atoms with Crippen LogP contribution in [-0.4, -0.2) is 48.0 Å². The molecule has 2 aliphatic rings. The first-order chi connectivity index (χ1) is 14.6. The SMILES string of the molecule is Cc1ccc2c(c1)CN(C(=O)CCN1CCC(Cc3ccccc3)CC1)C[C@@H](C)O2. The fourth-order valence-corrected chi connectivity index (χ4v) is 4.74. The lowest BCUT2D eigenvalue weighted by Gasteiger charge is -2.32. The van der Waals surface area contributed by atoms with Gasteiger partial charge in [-0.2, -0.15) is 0 Å². The molecule has 0 bridgehead atoms. The highest BCUT2D eigenvalue weighted by Crippen LogP contribution is 2.27. The predicted octanol–water partition coefficient (Wildman–Crippen LogP) is 4.45. The number of likely N-dealkylation sites (tertiary alicyclic amines) is 1. The number of fused-ring (bicyclic) bond motifs is 1. The van der Waals surface area contributed by atoms with E-state index in [4.69, 9.17) is 4.74 Å². The lowest BCUT2D eigenvalue weighted by atomic mass is 9.90. The molecule has 160 valence electrons. The second kappa shape index (κ2) is 9.65. The summed E-state index contributed by atoms with van der Waals surface area (Å²) < 4.78 is 6.04. The summed E-state index contributed by atoms with van der Waals surface area (Å²) in [4.78, 5) is 17.4. The Morgan fingerprint density at radius 2 is 1.87 bits per heavy atom. The molecule has 1 saturated heterocycles. The van der Waals surface area contributed by atoms with Gasteiger partial charge in [-0.3, -0.25) is 4.79 Å².